The zero-order chi connectivity index (χ0) is 21.3. The summed E-state index contributed by atoms with van der Waals surface area (Å²) in [6, 6.07) is 5.27. The van der Waals surface area contributed by atoms with Crippen LogP contribution in [0.2, 0.25) is 0 Å². The minimum atomic E-state index is -0.494. The Bertz CT molecular complexity index is 962. The molecular formula is C20H23Ac2Br2N5O2-2. The van der Waals surface area contributed by atoms with Crippen molar-refractivity contribution in [2.75, 3.05) is 27.2 Å². The van der Waals surface area contributed by atoms with Gasteiger partial charge >= 0.3 is 0 Å². The van der Waals surface area contributed by atoms with Gasteiger partial charge in [0.1, 0.15) is 0 Å². The number of nitrogens with one attached hydrogen (secondary N) is 2. The molecule has 0 aliphatic carbocycles. The SMILES string of the molecule is CN1CCc2c([NH-])c([N+](=O)[O-])cc(Br)c2C1.CN1CCc2c([NH-])ccc(Br)c2C1.[Ac].[Ac]. The fourth-order valence-electron chi connectivity index (χ4n) is 3.74. The number of benzene rings is 2. The molecule has 0 amide bonds. The number of hydrogen-bond donors (Lipinski definition) is 0. The van der Waals surface area contributed by atoms with Crippen molar-refractivity contribution in [3.05, 3.63) is 71.0 Å². The van der Waals surface area contributed by atoms with Crippen molar-refractivity contribution >= 4 is 48.9 Å². The Labute approximate surface area is 271 Å². The van der Waals surface area contributed by atoms with Crippen molar-refractivity contribution < 1.29 is 93.0 Å². The molecule has 7 nitrogen and oxygen atoms in total. The van der Waals surface area contributed by atoms with E-state index in [-0.39, 0.29) is 99.5 Å². The molecule has 2 N–H and O–H groups in total. The molecule has 0 fully saturated rings. The Balaban J connectivity index is 0.000000296. The van der Waals surface area contributed by atoms with E-state index in [0.717, 1.165) is 52.7 Å². The van der Waals surface area contributed by atoms with Crippen LogP contribution in [0.3, 0.4) is 0 Å². The number of nitrogens with zero attached hydrogens (tertiary/aromatic N) is 3. The van der Waals surface area contributed by atoms with E-state index < -0.39 is 4.92 Å². The molecule has 162 valence electrons. The largest absolute Gasteiger partial charge is 0.698 e. The average molecular weight is 979 g/mol. The van der Waals surface area contributed by atoms with E-state index in [4.69, 9.17) is 11.5 Å². The topological polar surface area (TPSA) is 97.2 Å². The molecule has 2 aromatic carbocycles. The molecule has 0 unspecified atom stereocenters. The van der Waals surface area contributed by atoms with E-state index in [2.05, 4.69) is 48.7 Å². The van der Waals surface area contributed by atoms with Gasteiger partial charge < -0.3 is 21.3 Å². The summed E-state index contributed by atoms with van der Waals surface area (Å²) in [4.78, 5) is 14.7. The Hall–Kier alpha value is 1.20. The second-order valence-electron chi connectivity index (χ2n) is 7.49. The van der Waals surface area contributed by atoms with Crippen LogP contribution in [0.5, 0.6) is 0 Å². The number of fused-ring (bicyclic) bond motifs is 2. The molecule has 0 spiro atoms. The summed E-state index contributed by atoms with van der Waals surface area (Å²) in [5.74, 6) is 0. The van der Waals surface area contributed by atoms with Gasteiger partial charge in [-0.3, -0.25) is 10.1 Å². The van der Waals surface area contributed by atoms with Crippen molar-refractivity contribution in [3.63, 3.8) is 0 Å². The number of rotatable bonds is 1. The molecule has 0 aromatic heterocycles. The molecule has 2 aliphatic heterocycles. The van der Waals surface area contributed by atoms with Gasteiger partial charge in [-0.25, -0.2) is 0 Å². The third kappa shape index (κ3) is 7.34. The summed E-state index contributed by atoms with van der Waals surface area (Å²) in [7, 11) is 4.12. The molecule has 11 heteroatoms. The predicted octanol–water partition coefficient (Wildman–Crippen LogP) is 6.15. The van der Waals surface area contributed by atoms with Gasteiger partial charge in [-0.2, -0.15) is 0 Å². The van der Waals surface area contributed by atoms with Gasteiger partial charge in [0, 0.05) is 129 Å². The standard InChI is InChI=1S/C10H11BrN3O2.C10H12BrN2.2Ac/c1-13-3-2-6-7(5-13)8(11)4-9(10(6)12)14(15)16;1-13-5-4-7-8(6-13)9(11)2-3-10(7)12;;/h4,12H,2-3,5H2,1H3;2-3,12H,4-6H2,1H3;;/q2*-1;;. The number of halogens is 2. The van der Waals surface area contributed by atoms with Crippen molar-refractivity contribution in [1.29, 1.82) is 0 Å². The fourth-order valence-corrected chi connectivity index (χ4v) is 4.82. The van der Waals surface area contributed by atoms with E-state index in [1.54, 1.807) is 0 Å². The first-order valence-corrected chi connectivity index (χ1v) is 10.9. The minimum absolute atomic E-state index is 0. The van der Waals surface area contributed by atoms with Crippen LogP contribution in [0.15, 0.2) is 27.1 Å². The first-order valence-electron chi connectivity index (χ1n) is 9.28. The third-order valence-corrected chi connectivity index (χ3v) is 6.84. The van der Waals surface area contributed by atoms with Crippen LogP contribution in [0.1, 0.15) is 22.3 Å². The maximum absolute atomic E-state index is 10.8. The number of nitro groups is 1. The second-order valence-corrected chi connectivity index (χ2v) is 9.20. The molecule has 0 saturated carbocycles. The molecule has 2 aliphatic rings. The predicted molar refractivity (Wildman–Crippen MR) is 123 cm³/mol. The number of hydrogen-bond acceptors (Lipinski definition) is 4. The van der Waals surface area contributed by atoms with Crippen LogP contribution in [0.4, 0.5) is 17.1 Å². The normalized spacial score (nSPS) is 15.4. The molecule has 2 radical (unpaired) electrons. The zero-order valence-electron chi connectivity index (χ0n) is 17.5. The van der Waals surface area contributed by atoms with Gasteiger partial charge in [0.05, 0.1) is 4.92 Å². The van der Waals surface area contributed by atoms with Crippen LogP contribution in [-0.2, 0) is 25.9 Å². The van der Waals surface area contributed by atoms with E-state index in [0.29, 0.717) is 12.1 Å². The van der Waals surface area contributed by atoms with E-state index in [1.807, 2.05) is 19.2 Å². The summed E-state index contributed by atoms with van der Waals surface area (Å²) >= 11 is 6.88. The van der Waals surface area contributed by atoms with E-state index >= 15 is 0 Å². The molecular weight excluding hydrogens is 956 g/mol. The first kappa shape index (κ1) is 30.2. The second kappa shape index (κ2) is 13.3. The first-order chi connectivity index (χ1) is 13.7. The number of likely N-dealkylation sites (N-methyl/N-ethyl adjacent to an activating group) is 2. The van der Waals surface area contributed by atoms with E-state index in [1.165, 1.54) is 17.2 Å². The van der Waals surface area contributed by atoms with Crippen LogP contribution >= 0.6 is 31.9 Å². The maximum Gasteiger partial charge on any atom is 0.255 e. The Morgan fingerprint density at radius 2 is 1.42 bits per heavy atom. The third-order valence-electron chi connectivity index (χ3n) is 5.39. The molecule has 31 heavy (non-hydrogen) atoms. The van der Waals surface area contributed by atoms with Crippen molar-refractivity contribution in [2.24, 2.45) is 0 Å². The van der Waals surface area contributed by atoms with E-state index in [9.17, 15) is 10.1 Å². The van der Waals surface area contributed by atoms with Gasteiger partial charge in [-0.05, 0) is 49.7 Å². The smallest absolute Gasteiger partial charge is 0.255 e. The average Bonchev–Trinajstić information content (AvgIpc) is 2.68. The van der Waals surface area contributed by atoms with Crippen molar-refractivity contribution in [2.45, 2.75) is 25.9 Å². The quantitative estimate of drug-likeness (QED) is 0.253. The molecule has 0 atom stereocenters. The van der Waals surface area contributed by atoms with Crippen molar-refractivity contribution in [3.8, 4) is 0 Å². The summed E-state index contributed by atoms with van der Waals surface area (Å²) in [6.45, 7) is 3.60. The molecule has 0 bridgehead atoms. The van der Waals surface area contributed by atoms with Gasteiger partial charge in [0.2, 0.25) is 0 Å². The summed E-state index contributed by atoms with van der Waals surface area (Å²) in [6.07, 6.45) is 1.70. The van der Waals surface area contributed by atoms with Crippen LogP contribution in [-0.4, -0.2) is 41.9 Å². The van der Waals surface area contributed by atoms with Crippen LogP contribution in [0.25, 0.3) is 11.5 Å². The molecule has 4 rings (SSSR count). The molecule has 2 aromatic rings. The van der Waals surface area contributed by atoms with Crippen molar-refractivity contribution in [1.82, 2.24) is 9.80 Å². The fraction of sp³-hybridized carbons (Fsp3) is 0.400. The molecule has 0 saturated heterocycles. The van der Waals surface area contributed by atoms with Gasteiger partial charge in [0.15, 0.2) is 0 Å². The Kier molecular flexibility index (Phi) is 13.0. The Morgan fingerprint density at radius 3 is 1.97 bits per heavy atom. The summed E-state index contributed by atoms with van der Waals surface area (Å²) in [5.41, 5.74) is 20.6. The number of nitro benzene ring substituents is 1. The summed E-state index contributed by atoms with van der Waals surface area (Å²) < 4.78 is 1.88. The maximum atomic E-state index is 10.8. The van der Waals surface area contributed by atoms with Gasteiger partial charge in [-0.1, -0.05) is 49.2 Å². The summed E-state index contributed by atoms with van der Waals surface area (Å²) in [5, 5.41) is 10.8. The van der Waals surface area contributed by atoms with Gasteiger partial charge in [-0.15, -0.1) is 5.69 Å². The molecule has 2 heterocycles. The van der Waals surface area contributed by atoms with Gasteiger partial charge in [0.25, 0.3) is 5.69 Å². The minimum Gasteiger partial charge on any atom is -0.698 e. The van der Waals surface area contributed by atoms with Crippen LogP contribution in [0, 0.1) is 98.2 Å². The monoisotopic (exact) mass is 977 g/mol. The Morgan fingerprint density at radius 1 is 0.903 bits per heavy atom. The zero-order valence-corrected chi connectivity index (χ0v) is 30.2. The van der Waals surface area contributed by atoms with Crippen LogP contribution < -0.4 is 0 Å².